The molecule has 0 radical (unpaired) electrons. The van der Waals surface area contributed by atoms with Gasteiger partial charge in [-0.25, -0.2) is 17.7 Å². The van der Waals surface area contributed by atoms with Gasteiger partial charge in [-0.2, -0.15) is 0 Å². The lowest BCUT2D eigenvalue weighted by atomic mass is 9.74. The molecule has 1 N–H and O–H groups in total. The summed E-state index contributed by atoms with van der Waals surface area (Å²) in [5, 5.41) is 10.0. The molecule has 3 atom stereocenters. The maximum absolute atomic E-state index is 12.2. The summed E-state index contributed by atoms with van der Waals surface area (Å²) in [6.45, 7) is 2.02. The van der Waals surface area contributed by atoms with Crippen LogP contribution in [-0.2, 0) is 10.0 Å². The summed E-state index contributed by atoms with van der Waals surface area (Å²) in [5.74, 6) is 6.29. The van der Waals surface area contributed by atoms with E-state index >= 15 is 0 Å². The van der Waals surface area contributed by atoms with Crippen LogP contribution in [-0.4, -0.2) is 72.3 Å². The fraction of sp³-hybridized carbons (Fsp3) is 0.435. The van der Waals surface area contributed by atoms with E-state index in [0.717, 1.165) is 36.2 Å². The molecule has 2 saturated heterocycles. The van der Waals surface area contributed by atoms with Gasteiger partial charge in [0.25, 0.3) is 0 Å². The van der Waals surface area contributed by atoms with E-state index in [9.17, 15) is 13.5 Å². The molecule has 2 aromatic rings. The van der Waals surface area contributed by atoms with Gasteiger partial charge in [0.05, 0.1) is 12.9 Å². The predicted molar refractivity (Wildman–Crippen MR) is 116 cm³/mol. The van der Waals surface area contributed by atoms with Crippen molar-refractivity contribution < 1.29 is 13.5 Å². The molecule has 2 fully saturated rings. The van der Waals surface area contributed by atoms with Crippen LogP contribution >= 0.6 is 0 Å². The lowest BCUT2D eigenvalue weighted by molar-refractivity contribution is -0.0553. The Labute approximate surface area is 178 Å². The van der Waals surface area contributed by atoms with Gasteiger partial charge in [-0.3, -0.25) is 4.90 Å². The van der Waals surface area contributed by atoms with Crippen molar-refractivity contribution in [3.05, 3.63) is 65.5 Å². The van der Waals surface area contributed by atoms with Crippen LogP contribution in [0.5, 0.6) is 0 Å². The highest BCUT2D eigenvalue weighted by Crippen LogP contribution is 2.42. The van der Waals surface area contributed by atoms with Crippen molar-refractivity contribution in [3.63, 3.8) is 0 Å². The molecule has 30 heavy (non-hydrogen) atoms. The molecule has 0 saturated carbocycles. The van der Waals surface area contributed by atoms with Crippen molar-refractivity contribution in [2.75, 3.05) is 32.5 Å². The minimum absolute atomic E-state index is 0.0277. The van der Waals surface area contributed by atoms with Gasteiger partial charge in [0.2, 0.25) is 10.0 Å². The Morgan fingerprint density at radius 3 is 2.53 bits per heavy atom. The summed E-state index contributed by atoms with van der Waals surface area (Å²) >= 11 is 0. The second-order valence-electron chi connectivity index (χ2n) is 8.00. The molecule has 158 valence electrons. The van der Waals surface area contributed by atoms with Gasteiger partial charge in [-0.05, 0) is 55.1 Å². The summed E-state index contributed by atoms with van der Waals surface area (Å²) in [6, 6.07) is 13.8. The van der Waals surface area contributed by atoms with Crippen molar-refractivity contribution in [2.24, 2.45) is 0 Å². The van der Waals surface area contributed by atoms with E-state index in [2.05, 4.69) is 33.9 Å². The Bertz CT molecular complexity index is 1030. The second kappa shape index (κ2) is 8.86. The molecule has 4 rings (SSSR count). The van der Waals surface area contributed by atoms with Crippen LogP contribution in [0.1, 0.15) is 35.6 Å². The Morgan fingerprint density at radius 1 is 1.10 bits per heavy atom. The Hall–Kier alpha value is -2.24. The molecular weight excluding hydrogens is 398 g/mol. The smallest absolute Gasteiger partial charge is 0.211 e. The number of hydrogen-bond acceptors (Lipinski definition) is 5. The van der Waals surface area contributed by atoms with Crippen LogP contribution in [0.3, 0.4) is 0 Å². The molecule has 2 aliphatic rings. The molecule has 3 heterocycles. The van der Waals surface area contributed by atoms with Gasteiger partial charge in [-0.1, -0.05) is 24.1 Å². The first-order valence-electron chi connectivity index (χ1n) is 10.3. The minimum atomic E-state index is -3.24. The summed E-state index contributed by atoms with van der Waals surface area (Å²) in [7, 11) is -3.24. The van der Waals surface area contributed by atoms with Gasteiger partial charge in [0.15, 0.2) is 0 Å². The zero-order chi connectivity index (χ0) is 21.1. The molecule has 0 spiro atoms. The number of pyridine rings is 1. The van der Waals surface area contributed by atoms with Gasteiger partial charge in [-0.15, -0.1) is 0 Å². The van der Waals surface area contributed by atoms with Gasteiger partial charge < -0.3 is 5.11 Å². The summed E-state index contributed by atoms with van der Waals surface area (Å²) in [5.41, 5.74) is 2.75. The van der Waals surface area contributed by atoms with Crippen LogP contribution in [0.15, 0.2) is 48.7 Å². The van der Waals surface area contributed by atoms with Crippen molar-refractivity contribution in [1.82, 2.24) is 14.2 Å². The van der Waals surface area contributed by atoms with Crippen molar-refractivity contribution >= 4 is 10.0 Å². The van der Waals surface area contributed by atoms with Crippen LogP contribution in [0, 0.1) is 11.8 Å². The molecule has 6 nitrogen and oxygen atoms in total. The number of aliphatic hydroxyl groups excluding tert-OH is 1. The SMILES string of the molecule is CS(=O)(=O)N1CCCCN2[C@H](C1)[C@H](c1ccc(C#Cc3ccccn3)cc1)[C@@H]2CO. The average molecular weight is 426 g/mol. The molecular formula is C23H27N3O3S. The van der Waals surface area contributed by atoms with E-state index in [-0.39, 0.29) is 24.6 Å². The number of rotatable bonds is 3. The number of aromatic nitrogens is 1. The molecule has 7 heteroatoms. The van der Waals surface area contributed by atoms with E-state index in [1.165, 1.54) is 6.26 Å². The van der Waals surface area contributed by atoms with Crippen molar-refractivity contribution in [3.8, 4) is 11.8 Å². The van der Waals surface area contributed by atoms with Crippen LogP contribution in [0.25, 0.3) is 0 Å². The molecule has 0 aliphatic carbocycles. The first-order chi connectivity index (χ1) is 14.5. The zero-order valence-corrected chi connectivity index (χ0v) is 17.9. The molecule has 0 amide bonds. The molecule has 0 unspecified atom stereocenters. The standard InChI is InChI=1S/C23H27N3O3S/c1-30(28,29)25-14-4-5-15-26-21(16-25)23(22(26)17-27)19-10-7-18(8-11-19)9-12-20-6-2-3-13-24-20/h2-3,6-8,10-11,13,21-23,27H,4-5,14-17H2,1H3/t21-,22+,23+/m1/s1. The zero-order valence-electron chi connectivity index (χ0n) is 17.1. The molecule has 0 bridgehead atoms. The molecule has 1 aromatic heterocycles. The third-order valence-electron chi connectivity index (χ3n) is 6.10. The third-order valence-corrected chi connectivity index (χ3v) is 7.37. The lowest BCUT2D eigenvalue weighted by Crippen LogP contribution is -2.67. The van der Waals surface area contributed by atoms with Gasteiger partial charge >= 0.3 is 0 Å². The fourth-order valence-electron chi connectivity index (χ4n) is 4.57. The summed E-state index contributed by atoms with van der Waals surface area (Å²) in [4.78, 5) is 6.49. The lowest BCUT2D eigenvalue weighted by Gasteiger charge is -2.57. The highest BCUT2D eigenvalue weighted by Gasteiger charge is 2.49. The highest BCUT2D eigenvalue weighted by atomic mass is 32.2. The van der Waals surface area contributed by atoms with Gasteiger partial charge in [0, 0.05) is 42.9 Å². The maximum Gasteiger partial charge on any atom is 0.211 e. The first-order valence-corrected chi connectivity index (χ1v) is 12.2. The van der Waals surface area contributed by atoms with E-state index in [4.69, 9.17) is 0 Å². The van der Waals surface area contributed by atoms with Crippen LogP contribution in [0.2, 0.25) is 0 Å². The Morgan fingerprint density at radius 2 is 1.87 bits per heavy atom. The average Bonchev–Trinajstić information content (AvgIpc) is 2.72. The predicted octanol–water partition coefficient (Wildman–Crippen LogP) is 1.67. The quantitative estimate of drug-likeness (QED) is 0.758. The van der Waals surface area contributed by atoms with E-state index < -0.39 is 10.0 Å². The number of sulfonamides is 1. The van der Waals surface area contributed by atoms with Crippen LogP contribution in [0.4, 0.5) is 0 Å². The number of benzene rings is 1. The Kier molecular flexibility index (Phi) is 6.21. The largest absolute Gasteiger partial charge is 0.395 e. The maximum atomic E-state index is 12.2. The third kappa shape index (κ3) is 4.42. The Balaban J connectivity index is 1.55. The number of aliphatic hydroxyl groups is 1. The fourth-order valence-corrected chi connectivity index (χ4v) is 5.46. The summed E-state index contributed by atoms with van der Waals surface area (Å²) < 4.78 is 26.0. The number of nitrogens with zero attached hydrogens (tertiary/aromatic N) is 3. The van der Waals surface area contributed by atoms with Crippen LogP contribution < -0.4 is 0 Å². The van der Waals surface area contributed by atoms with Crippen molar-refractivity contribution in [2.45, 2.75) is 30.8 Å². The minimum Gasteiger partial charge on any atom is -0.395 e. The highest BCUT2D eigenvalue weighted by molar-refractivity contribution is 7.88. The topological polar surface area (TPSA) is 73.7 Å². The molecule has 1 aromatic carbocycles. The van der Waals surface area contributed by atoms with Gasteiger partial charge in [0.1, 0.15) is 5.69 Å². The van der Waals surface area contributed by atoms with Crippen molar-refractivity contribution in [1.29, 1.82) is 0 Å². The second-order valence-corrected chi connectivity index (χ2v) is 9.98. The van der Waals surface area contributed by atoms with E-state index in [1.54, 1.807) is 10.5 Å². The first kappa shape index (κ1) is 21.0. The number of hydrogen-bond donors (Lipinski definition) is 1. The van der Waals surface area contributed by atoms with E-state index in [0.29, 0.717) is 13.1 Å². The normalized spacial score (nSPS) is 25.2. The summed E-state index contributed by atoms with van der Waals surface area (Å²) in [6.07, 6.45) is 4.79. The van der Waals surface area contributed by atoms with E-state index in [1.807, 2.05) is 30.3 Å². The number of fused-ring (bicyclic) bond motifs is 1. The monoisotopic (exact) mass is 425 g/mol. The molecule has 2 aliphatic heterocycles.